The Kier molecular flexibility index (Phi) is 5.53. The molecule has 5 heteroatoms. The summed E-state index contributed by atoms with van der Waals surface area (Å²) in [5, 5.41) is 18.4. The summed E-state index contributed by atoms with van der Waals surface area (Å²) in [5.74, 6) is 1.64. The van der Waals surface area contributed by atoms with Crippen LogP contribution in [0.4, 0.5) is 0 Å². The topological polar surface area (TPSA) is 49.7 Å². The van der Waals surface area contributed by atoms with Gasteiger partial charge in [-0.15, -0.1) is 11.8 Å². The lowest BCUT2D eigenvalue weighted by Gasteiger charge is -2.10. The van der Waals surface area contributed by atoms with Crippen LogP contribution in [0.1, 0.15) is 12.5 Å². The van der Waals surface area contributed by atoms with Crippen molar-refractivity contribution in [1.82, 2.24) is 0 Å². The Hall–Kier alpha value is -1.43. The third kappa shape index (κ3) is 4.03. The fourth-order valence-corrected chi connectivity index (χ4v) is 2.79. The molecule has 0 saturated carbocycles. The number of rotatable bonds is 6. The van der Waals surface area contributed by atoms with Crippen molar-refractivity contribution in [2.75, 3.05) is 6.61 Å². The van der Waals surface area contributed by atoms with E-state index in [2.05, 4.69) is 0 Å². The Bertz CT molecular complexity index is 560. The highest BCUT2D eigenvalue weighted by molar-refractivity contribution is 7.98. The molecule has 0 atom stereocenters. The maximum Gasteiger partial charge on any atom is 0.488 e. The number of para-hydroxylation sites is 1. The number of ether oxygens (including phenoxy) is 1. The first-order valence-electron chi connectivity index (χ1n) is 6.50. The smallest absolute Gasteiger partial charge is 0.488 e. The molecule has 0 aromatic heterocycles. The van der Waals surface area contributed by atoms with Gasteiger partial charge in [0.05, 0.1) is 6.61 Å². The average Bonchev–Trinajstić information content (AvgIpc) is 2.47. The number of thioether (sulfide) groups is 1. The predicted octanol–water partition coefficient (Wildman–Crippen LogP) is 2.06. The molecule has 0 heterocycles. The van der Waals surface area contributed by atoms with Crippen molar-refractivity contribution < 1.29 is 14.8 Å². The molecular formula is C15H17BO3S. The minimum atomic E-state index is -1.42. The Morgan fingerprint density at radius 3 is 2.65 bits per heavy atom. The third-order valence-electron chi connectivity index (χ3n) is 2.79. The third-order valence-corrected chi connectivity index (χ3v) is 3.92. The number of hydrogen-bond acceptors (Lipinski definition) is 4. The van der Waals surface area contributed by atoms with Crippen LogP contribution in [0.3, 0.4) is 0 Å². The molecule has 0 saturated heterocycles. The van der Waals surface area contributed by atoms with E-state index in [1.165, 1.54) is 0 Å². The Balaban J connectivity index is 2.07. The van der Waals surface area contributed by atoms with Crippen LogP contribution in [0.5, 0.6) is 5.75 Å². The molecule has 2 aromatic carbocycles. The molecule has 0 aliphatic carbocycles. The van der Waals surface area contributed by atoms with Crippen LogP contribution in [0.15, 0.2) is 53.4 Å². The lowest BCUT2D eigenvalue weighted by molar-refractivity contribution is 0.332. The maximum atomic E-state index is 9.18. The SMILES string of the molecule is CCOc1ccccc1SCc1cccc(B(O)O)c1. The van der Waals surface area contributed by atoms with E-state index in [4.69, 9.17) is 4.74 Å². The van der Waals surface area contributed by atoms with Gasteiger partial charge in [-0.2, -0.15) is 0 Å². The van der Waals surface area contributed by atoms with E-state index in [9.17, 15) is 10.0 Å². The summed E-state index contributed by atoms with van der Waals surface area (Å²) >= 11 is 1.67. The summed E-state index contributed by atoms with van der Waals surface area (Å²) in [4.78, 5) is 1.09. The molecule has 2 rings (SSSR count). The maximum absolute atomic E-state index is 9.18. The summed E-state index contributed by atoms with van der Waals surface area (Å²) in [7, 11) is -1.42. The van der Waals surface area contributed by atoms with Crippen LogP contribution in [0.2, 0.25) is 0 Å². The first-order valence-corrected chi connectivity index (χ1v) is 7.49. The minimum absolute atomic E-state index is 0.515. The van der Waals surface area contributed by atoms with Crippen LogP contribution in [0.25, 0.3) is 0 Å². The molecule has 0 fully saturated rings. The summed E-state index contributed by atoms with van der Waals surface area (Å²) < 4.78 is 5.59. The van der Waals surface area contributed by atoms with E-state index >= 15 is 0 Å². The van der Waals surface area contributed by atoms with E-state index in [0.717, 1.165) is 22.0 Å². The molecule has 0 unspecified atom stereocenters. The molecular weight excluding hydrogens is 271 g/mol. The zero-order chi connectivity index (χ0) is 14.4. The highest BCUT2D eigenvalue weighted by atomic mass is 32.2. The standard InChI is InChI=1S/C15H17BO3S/c1-2-19-14-8-3-4-9-15(14)20-11-12-6-5-7-13(10-12)16(17)18/h3-10,17-18H,2,11H2,1H3. The lowest BCUT2D eigenvalue weighted by Crippen LogP contribution is -2.29. The fourth-order valence-electron chi connectivity index (χ4n) is 1.85. The fraction of sp³-hybridized carbons (Fsp3) is 0.200. The van der Waals surface area contributed by atoms with Crippen LogP contribution >= 0.6 is 11.8 Å². The van der Waals surface area contributed by atoms with E-state index < -0.39 is 7.12 Å². The van der Waals surface area contributed by atoms with Crippen LogP contribution in [-0.4, -0.2) is 23.8 Å². The van der Waals surface area contributed by atoms with Crippen LogP contribution in [0, 0.1) is 0 Å². The normalized spacial score (nSPS) is 10.3. The molecule has 0 radical (unpaired) electrons. The van der Waals surface area contributed by atoms with Gasteiger partial charge in [-0.05, 0) is 30.1 Å². The predicted molar refractivity (Wildman–Crippen MR) is 83.4 cm³/mol. The van der Waals surface area contributed by atoms with Crippen LogP contribution < -0.4 is 10.2 Å². The second kappa shape index (κ2) is 7.38. The Morgan fingerprint density at radius 2 is 1.90 bits per heavy atom. The summed E-state index contributed by atoms with van der Waals surface area (Å²) in [6.07, 6.45) is 0. The summed E-state index contributed by atoms with van der Waals surface area (Å²) in [6.45, 7) is 2.61. The van der Waals surface area contributed by atoms with Gasteiger partial charge in [-0.1, -0.05) is 36.4 Å². The number of hydrogen-bond donors (Lipinski definition) is 2. The van der Waals surface area contributed by atoms with Gasteiger partial charge in [-0.3, -0.25) is 0 Å². The van der Waals surface area contributed by atoms with Gasteiger partial charge >= 0.3 is 7.12 Å². The Morgan fingerprint density at radius 1 is 1.10 bits per heavy atom. The molecule has 3 nitrogen and oxygen atoms in total. The molecule has 104 valence electrons. The average molecular weight is 288 g/mol. The minimum Gasteiger partial charge on any atom is -0.493 e. The molecule has 0 amide bonds. The quantitative estimate of drug-likeness (QED) is 0.631. The van der Waals surface area contributed by atoms with Crippen molar-refractivity contribution in [1.29, 1.82) is 0 Å². The zero-order valence-corrected chi connectivity index (χ0v) is 12.1. The van der Waals surface area contributed by atoms with Crippen molar-refractivity contribution in [3.63, 3.8) is 0 Å². The zero-order valence-electron chi connectivity index (χ0n) is 11.3. The highest BCUT2D eigenvalue weighted by Crippen LogP contribution is 2.31. The second-order valence-corrected chi connectivity index (χ2v) is 5.30. The molecule has 0 spiro atoms. The molecule has 2 N–H and O–H groups in total. The lowest BCUT2D eigenvalue weighted by atomic mass is 9.80. The van der Waals surface area contributed by atoms with Gasteiger partial charge in [0.25, 0.3) is 0 Å². The van der Waals surface area contributed by atoms with E-state index in [1.54, 1.807) is 23.9 Å². The van der Waals surface area contributed by atoms with Gasteiger partial charge in [0.15, 0.2) is 0 Å². The molecule has 0 aliphatic heterocycles. The molecule has 20 heavy (non-hydrogen) atoms. The molecule has 0 aliphatic rings. The van der Waals surface area contributed by atoms with Crippen molar-refractivity contribution in [2.24, 2.45) is 0 Å². The monoisotopic (exact) mass is 288 g/mol. The molecule has 2 aromatic rings. The molecule has 0 bridgehead atoms. The first kappa shape index (κ1) is 15.0. The van der Waals surface area contributed by atoms with Crippen molar-refractivity contribution in [3.8, 4) is 5.75 Å². The Labute approximate surface area is 123 Å². The summed E-state index contributed by atoms with van der Waals surface area (Å²) in [6, 6.07) is 15.2. The summed E-state index contributed by atoms with van der Waals surface area (Å²) in [5.41, 5.74) is 1.56. The second-order valence-electron chi connectivity index (χ2n) is 4.29. The largest absolute Gasteiger partial charge is 0.493 e. The van der Waals surface area contributed by atoms with Gasteiger partial charge in [0.2, 0.25) is 0 Å². The van der Waals surface area contributed by atoms with Gasteiger partial charge in [-0.25, -0.2) is 0 Å². The van der Waals surface area contributed by atoms with Crippen molar-refractivity contribution in [3.05, 3.63) is 54.1 Å². The van der Waals surface area contributed by atoms with E-state index in [0.29, 0.717) is 12.1 Å². The van der Waals surface area contributed by atoms with Gasteiger partial charge < -0.3 is 14.8 Å². The van der Waals surface area contributed by atoms with Crippen LogP contribution in [-0.2, 0) is 5.75 Å². The first-order chi connectivity index (χ1) is 9.70. The van der Waals surface area contributed by atoms with Crippen molar-refractivity contribution in [2.45, 2.75) is 17.6 Å². The van der Waals surface area contributed by atoms with Gasteiger partial charge in [0.1, 0.15) is 5.75 Å². The van der Waals surface area contributed by atoms with Gasteiger partial charge in [0, 0.05) is 10.6 Å². The van der Waals surface area contributed by atoms with Crippen molar-refractivity contribution >= 4 is 24.3 Å². The highest BCUT2D eigenvalue weighted by Gasteiger charge is 2.11. The number of benzene rings is 2. The van der Waals surface area contributed by atoms with E-state index in [-0.39, 0.29) is 0 Å². The van der Waals surface area contributed by atoms with E-state index in [1.807, 2.05) is 43.3 Å².